The maximum absolute atomic E-state index is 12.4. The summed E-state index contributed by atoms with van der Waals surface area (Å²) in [6.45, 7) is 11.3. The van der Waals surface area contributed by atoms with Gasteiger partial charge in [-0.1, -0.05) is 27.7 Å². The van der Waals surface area contributed by atoms with Crippen LogP contribution in [0.4, 0.5) is 5.69 Å². The summed E-state index contributed by atoms with van der Waals surface area (Å²) in [5.74, 6) is -0.511. The minimum atomic E-state index is -0.601. The van der Waals surface area contributed by atoms with E-state index in [1.54, 1.807) is 6.92 Å². The summed E-state index contributed by atoms with van der Waals surface area (Å²) in [5.41, 5.74) is -0.662. The molecule has 1 heterocycles. The van der Waals surface area contributed by atoms with Crippen LogP contribution < -0.4 is 5.32 Å². The molecule has 0 aliphatic rings. The lowest BCUT2D eigenvalue weighted by Crippen LogP contribution is -2.44. The van der Waals surface area contributed by atoms with Crippen molar-refractivity contribution >= 4 is 11.6 Å². The van der Waals surface area contributed by atoms with Crippen LogP contribution in [0.25, 0.3) is 0 Å². The van der Waals surface area contributed by atoms with Gasteiger partial charge in [-0.15, -0.1) is 0 Å². The fraction of sp³-hybridized carbons (Fsp3) is 0.733. The molecule has 0 saturated heterocycles. The molecule has 130 valence electrons. The number of nitro groups is 1. The highest BCUT2D eigenvalue weighted by molar-refractivity contribution is 5.96. The molecule has 0 saturated carbocycles. The van der Waals surface area contributed by atoms with Gasteiger partial charge in [0.15, 0.2) is 0 Å². The van der Waals surface area contributed by atoms with Crippen LogP contribution in [0, 0.1) is 28.4 Å². The van der Waals surface area contributed by atoms with Crippen molar-refractivity contribution < 1.29 is 14.8 Å². The van der Waals surface area contributed by atoms with Crippen molar-refractivity contribution in [3.05, 3.63) is 21.5 Å². The second-order valence-electron chi connectivity index (χ2n) is 6.72. The van der Waals surface area contributed by atoms with E-state index in [0.717, 1.165) is 0 Å². The number of aliphatic hydroxyl groups excluding tert-OH is 1. The fourth-order valence-corrected chi connectivity index (χ4v) is 2.64. The van der Waals surface area contributed by atoms with Crippen molar-refractivity contribution in [3.8, 4) is 0 Å². The van der Waals surface area contributed by atoms with E-state index in [-0.39, 0.29) is 29.5 Å². The lowest BCUT2D eigenvalue weighted by atomic mass is 9.80. The Balaban J connectivity index is 3.01. The molecule has 0 fully saturated rings. The van der Waals surface area contributed by atoms with Crippen LogP contribution in [-0.2, 0) is 6.54 Å². The summed E-state index contributed by atoms with van der Waals surface area (Å²) in [4.78, 5) is 23.1. The van der Waals surface area contributed by atoms with Gasteiger partial charge in [-0.25, -0.2) is 0 Å². The zero-order chi connectivity index (χ0) is 17.9. The third kappa shape index (κ3) is 4.07. The third-order valence-corrected chi connectivity index (χ3v) is 3.93. The minimum absolute atomic E-state index is 0.0413. The smallest absolute Gasteiger partial charge is 0.322 e. The summed E-state index contributed by atoms with van der Waals surface area (Å²) in [6.07, 6.45) is -0.601. The molecule has 1 rings (SSSR count). The average Bonchev–Trinajstić information content (AvgIpc) is 2.80. The average molecular weight is 326 g/mol. The molecule has 0 aliphatic heterocycles. The number of carbonyl (C=O) groups is 1. The summed E-state index contributed by atoms with van der Waals surface area (Å²) in [7, 11) is 0. The van der Waals surface area contributed by atoms with E-state index in [4.69, 9.17) is 0 Å². The number of hydrogen-bond acceptors (Lipinski definition) is 5. The first kappa shape index (κ1) is 19.1. The van der Waals surface area contributed by atoms with Crippen LogP contribution in [-0.4, -0.2) is 38.4 Å². The first-order chi connectivity index (χ1) is 10.5. The molecule has 1 aromatic rings. The second kappa shape index (κ2) is 7.08. The highest BCUT2D eigenvalue weighted by Crippen LogP contribution is 2.26. The Bertz CT molecular complexity index is 593. The molecule has 0 spiro atoms. The molecule has 0 aliphatic carbocycles. The lowest BCUT2D eigenvalue weighted by molar-refractivity contribution is -0.385. The zero-order valence-corrected chi connectivity index (χ0v) is 14.6. The number of carbonyl (C=O) groups excluding carboxylic acids is 1. The van der Waals surface area contributed by atoms with E-state index in [0.29, 0.717) is 6.54 Å². The first-order valence-corrected chi connectivity index (χ1v) is 7.71. The van der Waals surface area contributed by atoms with Gasteiger partial charge in [-0.2, -0.15) is 5.10 Å². The Hall–Kier alpha value is -1.96. The third-order valence-electron chi connectivity index (χ3n) is 3.93. The molecule has 0 bridgehead atoms. The van der Waals surface area contributed by atoms with E-state index in [9.17, 15) is 20.0 Å². The molecular formula is C15H26N4O4. The molecule has 1 unspecified atom stereocenters. The number of nitrogens with zero attached hydrogens (tertiary/aromatic N) is 3. The first-order valence-electron chi connectivity index (χ1n) is 7.71. The molecule has 8 heteroatoms. The van der Waals surface area contributed by atoms with Gasteiger partial charge in [0.2, 0.25) is 5.69 Å². The van der Waals surface area contributed by atoms with Gasteiger partial charge < -0.3 is 10.4 Å². The second-order valence-corrected chi connectivity index (χ2v) is 6.72. The number of aromatic nitrogens is 2. The van der Waals surface area contributed by atoms with Gasteiger partial charge in [0.1, 0.15) is 5.69 Å². The van der Waals surface area contributed by atoms with Gasteiger partial charge >= 0.3 is 5.69 Å². The Kier molecular flexibility index (Phi) is 5.87. The zero-order valence-electron chi connectivity index (χ0n) is 14.6. The molecule has 0 aromatic carbocycles. The fourth-order valence-electron chi connectivity index (χ4n) is 2.64. The SMILES string of the molecule is CCn1nc(C)c([N+](=O)[O-])c1C(=O)NCC(C)(C)C(O)C(C)C. The minimum Gasteiger partial charge on any atom is -0.392 e. The van der Waals surface area contributed by atoms with Crippen LogP contribution in [0.1, 0.15) is 50.8 Å². The van der Waals surface area contributed by atoms with Crippen LogP contribution in [0.15, 0.2) is 0 Å². The van der Waals surface area contributed by atoms with E-state index in [1.807, 2.05) is 27.7 Å². The molecule has 1 atom stereocenters. The summed E-state index contributed by atoms with van der Waals surface area (Å²) < 4.78 is 1.33. The normalized spacial score (nSPS) is 13.2. The number of nitrogens with one attached hydrogen (secondary N) is 1. The molecule has 23 heavy (non-hydrogen) atoms. The lowest BCUT2D eigenvalue weighted by Gasteiger charge is -2.33. The predicted octanol–water partition coefficient (Wildman–Crippen LogP) is 1.89. The van der Waals surface area contributed by atoms with E-state index in [2.05, 4.69) is 10.4 Å². The highest BCUT2D eigenvalue weighted by atomic mass is 16.6. The van der Waals surface area contributed by atoms with Crippen molar-refractivity contribution in [3.63, 3.8) is 0 Å². The van der Waals surface area contributed by atoms with Crippen LogP contribution in [0.5, 0.6) is 0 Å². The Morgan fingerprint density at radius 1 is 1.48 bits per heavy atom. The van der Waals surface area contributed by atoms with Gasteiger partial charge in [0, 0.05) is 18.5 Å². The van der Waals surface area contributed by atoms with E-state index < -0.39 is 22.3 Å². The van der Waals surface area contributed by atoms with Crippen LogP contribution in [0.3, 0.4) is 0 Å². The predicted molar refractivity (Wildman–Crippen MR) is 86.3 cm³/mol. The van der Waals surface area contributed by atoms with Gasteiger partial charge in [-0.05, 0) is 19.8 Å². The topological polar surface area (TPSA) is 110 Å². The molecule has 0 radical (unpaired) electrons. The molecule has 8 nitrogen and oxygen atoms in total. The molecular weight excluding hydrogens is 300 g/mol. The quantitative estimate of drug-likeness (QED) is 0.587. The van der Waals surface area contributed by atoms with Crippen molar-refractivity contribution in [2.45, 2.75) is 54.2 Å². The van der Waals surface area contributed by atoms with Crippen molar-refractivity contribution in [1.29, 1.82) is 0 Å². The van der Waals surface area contributed by atoms with Crippen LogP contribution in [0.2, 0.25) is 0 Å². The molecule has 1 aromatic heterocycles. The number of amides is 1. The van der Waals surface area contributed by atoms with Crippen molar-refractivity contribution in [2.75, 3.05) is 6.54 Å². The van der Waals surface area contributed by atoms with E-state index >= 15 is 0 Å². The number of aryl methyl sites for hydroxylation is 2. The maximum atomic E-state index is 12.4. The van der Waals surface area contributed by atoms with Crippen molar-refractivity contribution in [2.24, 2.45) is 11.3 Å². The number of rotatable bonds is 7. The standard InChI is InChI=1S/C15H26N4O4/c1-7-18-12(11(19(22)23)10(4)17-18)14(21)16-8-15(5,6)13(20)9(2)3/h9,13,20H,7-8H2,1-6H3,(H,16,21). The van der Waals surface area contributed by atoms with Crippen molar-refractivity contribution in [1.82, 2.24) is 15.1 Å². The largest absolute Gasteiger partial charge is 0.392 e. The Morgan fingerprint density at radius 3 is 2.48 bits per heavy atom. The number of hydrogen-bond donors (Lipinski definition) is 2. The highest BCUT2D eigenvalue weighted by Gasteiger charge is 2.34. The van der Waals surface area contributed by atoms with Gasteiger partial charge in [0.25, 0.3) is 5.91 Å². The summed E-state index contributed by atoms with van der Waals surface area (Å²) >= 11 is 0. The Morgan fingerprint density at radius 2 is 2.04 bits per heavy atom. The monoisotopic (exact) mass is 326 g/mol. The van der Waals surface area contributed by atoms with Gasteiger partial charge in [-0.3, -0.25) is 19.6 Å². The van der Waals surface area contributed by atoms with Gasteiger partial charge in [0.05, 0.1) is 11.0 Å². The number of aliphatic hydroxyl groups is 1. The maximum Gasteiger partial charge on any atom is 0.322 e. The van der Waals surface area contributed by atoms with E-state index in [1.165, 1.54) is 11.6 Å². The molecule has 2 N–H and O–H groups in total. The Labute approximate surface area is 136 Å². The molecule has 1 amide bonds. The van der Waals surface area contributed by atoms with Crippen LogP contribution >= 0.6 is 0 Å². The summed E-state index contributed by atoms with van der Waals surface area (Å²) in [5, 5.41) is 28.2. The summed E-state index contributed by atoms with van der Waals surface area (Å²) in [6, 6.07) is 0.